The predicted octanol–water partition coefficient (Wildman–Crippen LogP) is -1.58. The molecule has 0 fully saturated rings. The average molecular weight is 400 g/mol. The minimum Gasteiger partial charge on any atom is -0.698 e. The topological polar surface area (TPSA) is 177 Å². The van der Waals surface area contributed by atoms with Gasteiger partial charge in [0, 0.05) is 11.1 Å². The Morgan fingerprint density at radius 1 is 0.759 bits per heavy atom. The molecule has 0 aliphatic carbocycles. The highest BCUT2D eigenvalue weighted by Gasteiger charge is 2.49. The summed E-state index contributed by atoms with van der Waals surface area (Å²) in [5.41, 5.74) is -1.76. The molecule has 0 radical (unpaired) electrons. The second-order valence-corrected chi connectivity index (χ2v) is 6.50. The molecular weight excluding hydrogens is 390 g/mol. The highest BCUT2D eigenvalue weighted by Crippen LogP contribution is 2.27. The SMILES string of the molecule is O=C(O)c1ccc2c(c1)[B@-](O)(O[B@@-]1(O)OC(=O)c3ccc(C(=O)O)cc31)OC2=O. The summed E-state index contributed by atoms with van der Waals surface area (Å²) < 4.78 is 14.8. The number of fused-ring (bicyclic) bond motifs is 2. The van der Waals surface area contributed by atoms with Crippen molar-refractivity contribution < 1.29 is 53.3 Å². The Balaban J connectivity index is 1.80. The molecule has 0 amide bonds. The summed E-state index contributed by atoms with van der Waals surface area (Å²) >= 11 is 0. The van der Waals surface area contributed by atoms with Crippen molar-refractivity contribution in [2.75, 3.05) is 0 Å². The molecule has 2 heterocycles. The van der Waals surface area contributed by atoms with E-state index >= 15 is 0 Å². The molecule has 2 aromatic rings. The fraction of sp³-hybridized carbons (Fsp3) is 0. The van der Waals surface area contributed by atoms with Gasteiger partial charge < -0.3 is 34.1 Å². The zero-order valence-electron chi connectivity index (χ0n) is 14.3. The molecule has 4 N–H and O–H groups in total. The van der Waals surface area contributed by atoms with E-state index in [9.17, 15) is 29.2 Å². The summed E-state index contributed by atoms with van der Waals surface area (Å²) in [5, 5.41) is 39.8. The fourth-order valence-electron chi connectivity index (χ4n) is 3.36. The van der Waals surface area contributed by atoms with E-state index in [4.69, 9.17) is 24.1 Å². The maximum absolute atomic E-state index is 12.0. The third-order valence-corrected chi connectivity index (χ3v) is 4.73. The Hall–Kier alpha value is -3.67. The lowest BCUT2D eigenvalue weighted by atomic mass is 9.61. The van der Waals surface area contributed by atoms with Crippen LogP contribution in [0, 0.1) is 0 Å². The van der Waals surface area contributed by atoms with Crippen LogP contribution in [0.15, 0.2) is 36.4 Å². The van der Waals surface area contributed by atoms with Gasteiger partial charge in [0.25, 0.3) is 11.9 Å². The van der Waals surface area contributed by atoms with E-state index in [2.05, 4.69) is 0 Å². The van der Waals surface area contributed by atoms with Crippen molar-refractivity contribution in [1.82, 2.24) is 0 Å². The van der Waals surface area contributed by atoms with Crippen LogP contribution in [0.25, 0.3) is 0 Å². The molecule has 2 aliphatic heterocycles. The monoisotopic (exact) mass is 400 g/mol. The predicted molar refractivity (Wildman–Crippen MR) is 93.9 cm³/mol. The van der Waals surface area contributed by atoms with Gasteiger partial charge >= 0.3 is 25.4 Å². The van der Waals surface area contributed by atoms with E-state index in [1.807, 2.05) is 0 Å². The van der Waals surface area contributed by atoms with Gasteiger partial charge in [0.05, 0.1) is 11.1 Å². The molecule has 2 aliphatic rings. The Morgan fingerprint density at radius 2 is 1.14 bits per heavy atom. The molecule has 148 valence electrons. The first-order chi connectivity index (χ1) is 13.5. The van der Waals surface area contributed by atoms with Crippen molar-refractivity contribution in [2.45, 2.75) is 0 Å². The third-order valence-electron chi connectivity index (χ3n) is 4.73. The number of aromatic carboxylic acids is 2. The van der Waals surface area contributed by atoms with Gasteiger partial charge in [-0.25, -0.2) is 9.59 Å². The molecule has 4 rings (SSSR count). The van der Waals surface area contributed by atoms with E-state index in [0.717, 1.165) is 36.4 Å². The van der Waals surface area contributed by atoms with E-state index in [1.165, 1.54) is 0 Å². The number of benzene rings is 2. The molecule has 13 heteroatoms. The third kappa shape index (κ3) is 2.76. The first-order valence-electron chi connectivity index (χ1n) is 8.18. The summed E-state index contributed by atoms with van der Waals surface area (Å²) in [4.78, 5) is 46.5. The molecule has 29 heavy (non-hydrogen) atoms. The minimum absolute atomic E-state index is 0.208. The smallest absolute Gasteiger partial charge is 0.428 e. The molecule has 11 nitrogen and oxygen atoms in total. The van der Waals surface area contributed by atoms with Gasteiger partial charge in [0.2, 0.25) is 0 Å². The maximum Gasteiger partial charge on any atom is 0.428 e. The van der Waals surface area contributed by atoms with Crippen LogP contribution in [0.4, 0.5) is 0 Å². The standard InChI is InChI=1S/C16H10B2O11/c19-13(20)7-1-3-9-11(5-7)17(25,27-15(9)23)29-18(26)12-6-8(14(21)22)2-4-10(12)16(24)28-18/h1-6,25-26H,(H,19,20)(H,21,22)/q-2/t17-,18+. The molecule has 0 spiro atoms. The highest BCUT2D eigenvalue weighted by atomic mass is 16.8. The lowest BCUT2D eigenvalue weighted by Crippen LogP contribution is -2.64. The molecule has 0 bridgehead atoms. The molecule has 2 atom stereocenters. The number of carbonyl (C=O) groups is 4. The van der Waals surface area contributed by atoms with Gasteiger partial charge in [0.1, 0.15) is 0 Å². The number of carboxylic acid groups (broad SMARTS) is 2. The number of carboxylic acids is 2. The summed E-state index contributed by atoms with van der Waals surface area (Å²) in [7, 11) is 0. The fourth-order valence-corrected chi connectivity index (χ4v) is 3.36. The van der Waals surface area contributed by atoms with Crippen LogP contribution < -0.4 is 10.9 Å². The largest absolute Gasteiger partial charge is 0.698 e. The number of hydrogen-bond donors (Lipinski definition) is 4. The Bertz CT molecular complexity index is 1040. The van der Waals surface area contributed by atoms with Crippen molar-refractivity contribution in [3.05, 3.63) is 58.7 Å². The average Bonchev–Trinajstić information content (AvgIpc) is 3.04. The molecule has 0 aromatic heterocycles. The van der Waals surface area contributed by atoms with E-state index in [0.29, 0.717) is 0 Å². The van der Waals surface area contributed by atoms with Gasteiger partial charge in [-0.3, -0.25) is 9.59 Å². The van der Waals surface area contributed by atoms with Crippen molar-refractivity contribution in [2.24, 2.45) is 0 Å². The lowest BCUT2D eigenvalue weighted by Gasteiger charge is -2.45. The van der Waals surface area contributed by atoms with Crippen LogP contribution in [0.1, 0.15) is 41.4 Å². The minimum atomic E-state index is -3.80. The van der Waals surface area contributed by atoms with Gasteiger partial charge in [0.15, 0.2) is 0 Å². The van der Waals surface area contributed by atoms with Crippen molar-refractivity contribution in [3.8, 4) is 0 Å². The highest BCUT2D eigenvalue weighted by molar-refractivity contribution is 6.91. The van der Waals surface area contributed by atoms with Crippen LogP contribution in [-0.4, -0.2) is 57.6 Å². The molecule has 2 aromatic carbocycles. The first-order valence-corrected chi connectivity index (χ1v) is 8.18. The maximum atomic E-state index is 12.0. The zero-order valence-corrected chi connectivity index (χ0v) is 14.3. The van der Waals surface area contributed by atoms with Crippen LogP contribution in [0.2, 0.25) is 0 Å². The second kappa shape index (κ2) is 5.91. The summed E-state index contributed by atoms with van der Waals surface area (Å²) in [6, 6.07) is 6.25. The van der Waals surface area contributed by atoms with Gasteiger partial charge in [-0.1, -0.05) is 23.1 Å². The van der Waals surface area contributed by atoms with Gasteiger partial charge in [-0.05, 0) is 24.3 Å². The zero-order chi connectivity index (χ0) is 21.1. The Kier molecular flexibility index (Phi) is 3.81. The van der Waals surface area contributed by atoms with Crippen LogP contribution in [0.3, 0.4) is 0 Å². The Morgan fingerprint density at radius 3 is 1.48 bits per heavy atom. The Labute approximate surface area is 161 Å². The first kappa shape index (κ1) is 18.7. The molecule has 0 saturated carbocycles. The van der Waals surface area contributed by atoms with E-state index in [-0.39, 0.29) is 33.2 Å². The van der Waals surface area contributed by atoms with Crippen LogP contribution >= 0.6 is 0 Å². The summed E-state index contributed by atoms with van der Waals surface area (Å²) in [6.07, 6.45) is 0. The molecule has 0 saturated heterocycles. The van der Waals surface area contributed by atoms with Crippen LogP contribution in [-0.2, 0) is 13.9 Å². The van der Waals surface area contributed by atoms with Gasteiger partial charge in [-0.2, -0.15) is 0 Å². The van der Waals surface area contributed by atoms with Crippen molar-refractivity contribution in [3.63, 3.8) is 0 Å². The van der Waals surface area contributed by atoms with Crippen LogP contribution in [0.5, 0.6) is 0 Å². The number of rotatable bonds is 4. The van der Waals surface area contributed by atoms with Crippen molar-refractivity contribution in [1.29, 1.82) is 0 Å². The lowest BCUT2D eigenvalue weighted by molar-refractivity contribution is 0.0566. The van der Waals surface area contributed by atoms with E-state index in [1.54, 1.807) is 0 Å². The summed E-state index contributed by atoms with van der Waals surface area (Å²) in [6.45, 7) is -7.60. The van der Waals surface area contributed by atoms with Crippen molar-refractivity contribution >= 4 is 48.3 Å². The summed E-state index contributed by atoms with van der Waals surface area (Å²) in [5.74, 6) is -4.83. The normalized spacial score (nSPS) is 24.5. The molecular formula is C16H10B2O11-2. The van der Waals surface area contributed by atoms with Gasteiger partial charge in [-0.15, -0.1) is 0 Å². The second-order valence-electron chi connectivity index (χ2n) is 6.50. The number of hydrogen-bond acceptors (Lipinski definition) is 9. The van der Waals surface area contributed by atoms with E-state index < -0.39 is 37.4 Å². The number of carbonyl (C=O) groups excluding carboxylic acids is 2. The molecule has 0 unspecified atom stereocenters. The quantitative estimate of drug-likeness (QED) is 0.436.